The van der Waals surface area contributed by atoms with Gasteiger partial charge in [0.15, 0.2) is 0 Å². The van der Waals surface area contributed by atoms with E-state index in [-0.39, 0.29) is 5.69 Å². The lowest BCUT2D eigenvalue weighted by atomic mass is 10.1. The highest BCUT2D eigenvalue weighted by Gasteiger charge is 2.38. The van der Waals surface area contributed by atoms with E-state index >= 15 is 0 Å². The van der Waals surface area contributed by atoms with Crippen molar-refractivity contribution in [2.75, 3.05) is 5.32 Å². The molecule has 0 bridgehead atoms. The van der Waals surface area contributed by atoms with Crippen LogP contribution in [0.3, 0.4) is 0 Å². The van der Waals surface area contributed by atoms with Crippen LogP contribution in [-0.4, -0.2) is 10.8 Å². The van der Waals surface area contributed by atoms with Crippen LogP contribution in [0, 0.1) is 10.1 Å². The molecular formula is C10H7F3N2O3. The molecule has 0 aliphatic carbocycles. The summed E-state index contributed by atoms with van der Waals surface area (Å²) in [4.78, 5) is 20.2. The van der Waals surface area contributed by atoms with Crippen LogP contribution < -0.4 is 5.32 Å². The fourth-order valence-electron chi connectivity index (χ4n) is 1.19. The molecule has 0 aliphatic heterocycles. The number of amides is 1. The first-order valence-corrected chi connectivity index (χ1v) is 4.54. The molecule has 0 aromatic heterocycles. The molecule has 0 radical (unpaired) electrons. The zero-order valence-corrected chi connectivity index (χ0v) is 8.82. The SMILES string of the molecule is C=CC(=O)Nc1ccc([N+](=O)[O-])c(C(F)(F)F)c1. The second kappa shape index (κ2) is 4.86. The molecule has 18 heavy (non-hydrogen) atoms. The third-order valence-electron chi connectivity index (χ3n) is 1.95. The summed E-state index contributed by atoms with van der Waals surface area (Å²) in [5.74, 6) is -0.711. The maximum Gasteiger partial charge on any atom is 0.423 e. The molecule has 0 heterocycles. The lowest BCUT2D eigenvalue weighted by Gasteiger charge is -2.09. The van der Waals surface area contributed by atoms with Gasteiger partial charge >= 0.3 is 6.18 Å². The van der Waals surface area contributed by atoms with Gasteiger partial charge in [-0.2, -0.15) is 13.2 Å². The van der Waals surface area contributed by atoms with Crippen molar-refractivity contribution >= 4 is 17.3 Å². The Kier molecular flexibility index (Phi) is 3.70. The van der Waals surface area contributed by atoms with Crippen LogP contribution in [0.4, 0.5) is 24.5 Å². The fraction of sp³-hybridized carbons (Fsp3) is 0.100. The highest BCUT2D eigenvalue weighted by Crippen LogP contribution is 2.37. The lowest BCUT2D eigenvalue weighted by Crippen LogP contribution is -2.12. The number of nitrogens with one attached hydrogen (secondary N) is 1. The normalized spacial score (nSPS) is 10.8. The minimum absolute atomic E-state index is 0.196. The van der Waals surface area contributed by atoms with Crippen molar-refractivity contribution in [3.8, 4) is 0 Å². The summed E-state index contributed by atoms with van der Waals surface area (Å²) in [6.45, 7) is 3.13. The number of nitro benzene ring substituents is 1. The van der Waals surface area contributed by atoms with Gasteiger partial charge in [0.25, 0.3) is 5.69 Å². The summed E-state index contributed by atoms with van der Waals surface area (Å²) < 4.78 is 37.7. The predicted molar refractivity (Wildman–Crippen MR) is 56.9 cm³/mol. The highest BCUT2D eigenvalue weighted by atomic mass is 19.4. The van der Waals surface area contributed by atoms with Crippen molar-refractivity contribution in [2.45, 2.75) is 6.18 Å². The number of carbonyl (C=O) groups is 1. The number of hydrogen-bond acceptors (Lipinski definition) is 3. The Morgan fingerprint density at radius 3 is 2.50 bits per heavy atom. The smallest absolute Gasteiger partial charge is 0.323 e. The molecule has 8 heteroatoms. The number of carbonyl (C=O) groups excluding carboxylic acids is 1. The monoisotopic (exact) mass is 260 g/mol. The minimum atomic E-state index is -4.88. The Labute approximate surface area is 99.1 Å². The van der Waals surface area contributed by atoms with Gasteiger partial charge in [-0.25, -0.2) is 0 Å². The van der Waals surface area contributed by atoms with Crippen molar-refractivity contribution in [1.82, 2.24) is 0 Å². The molecule has 1 rings (SSSR count). The predicted octanol–water partition coefficient (Wildman–Crippen LogP) is 2.74. The molecule has 1 aromatic rings. The number of benzene rings is 1. The molecule has 0 saturated carbocycles. The first-order chi connectivity index (χ1) is 8.25. The largest absolute Gasteiger partial charge is 0.423 e. The number of anilines is 1. The molecule has 5 nitrogen and oxygen atoms in total. The van der Waals surface area contributed by atoms with Crippen molar-refractivity contribution < 1.29 is 22.9 Å². The van der Waals surface area contributed by atoms with Crippen molar-refractivity contribution in [3.05, 3.63) is 46.5 Å². The summed E-state index contributed by atoms with van der Waals surface area (Å²) in [7, 11) is 0. The van der Waals surface area contributed by atoms with Gasteiger partial charge in [-0.05, 0) is 18.2 Å². The molecule has 1 N–H and O–H groups in total. The van der Waals surface area contributed by atoms with E-state index in [2.05, 4.69) is 11.9 Å². The lowest BCUT2D eigenvalue weighted by molar-refractivity contribution is -0.388. The standard InChI is InChI=1S/C10H7F3N2O3/c1-2-9(16)14-6-3-4-8(15(17)18)7(5-6)10(11,12)13/h2-5H,1H2,(H,14,16). The zero-order chi connectivity index (χ0) is 13.9. The number of nitro groups is 1. The van der Waals surface area contributed by atoms with Crippen molar-refractivity contribution in [3.63, 3.8) is 0 Å². The number of alkyl halides is 3. The molecule has 0 saturated heterocycles. The summed E-state index contributed by atoms with van der Waals surface area (Å²) in [6, 6.07) is 2.19. The quantitative estimate of drug-likeness (QED) is 0.516. The first kappa shape index (κ1) is 13.7. The topological polar surface area (TPSA) is 72.2 Å². The summed E-state index contributed by atoms with van der Waals surface area (Å²) >= 11 is 0. The Bertz CT molecular complexity index is 512. The summed E-state index contributed by atoms with van der Waals surface area (Å²) in [5, 5.41) is 12.6. The molecule has 1 aromatic carbocycles. The van der Waals surface area contributed by atoms with Crippen LogP contribution in [0.5, 0.6) is 0 Å². The van der Waals surface area contributed by atoms with E-state index in [4.69, 9.17) is 0 Å². The van der Waals surface area contributed by atoms with E-state index < -0.39 is 28.3 Å². The van der Waals surface area contributed by atoms with E-state index in [1.807, 2.05) is 0 Å². The van der Waals surface area contributed by atoms with Crippen LogP contribution in [0.15, 0.2) is 30.9 Å². The number of nitrogens with zero attached hydrogens (tertiary/aromatic N) is 1. The summed E-state index contributed by atoms with van der Waals surface area (Å²) in [5.41, 5.74) is -2.69. The maximum absolute atomic E-state index is 12.6. The minimum Gasteiger partial charge on any atom is -0.323 e. The maximum atomic E-state index is 12.6. The van der Waals surface area contributed by atoms with Gasteiger partial charge in [-0.1, -0.05) is 6.58 Å². The molecular weight excluding hydrogens is 253 g/mol. The van der Waals surface area contributed by atoms with Crippen molar-refractivity contribution in [2.24, 2.45) is 0 Å². The van der Waals surface area contributed by atoms with E-state index in [9.17, 15) is 28.1 Å². The highest BCUT2D eigenvalue weighted by molar-refractivity contribution is 5.99. The van der Waals surface area contributed by atoms with Crippen LogP contribution in [0.1, 0.15) is 5.56 Å². The fourth-order valence-corrected chi connectivity index (χ4v) is 1.19. The van der Waals surface area contributed by atoms with Crippen LogP contribution in [0.2, 0.25) is 0 Å². The number of rotatable bonds is 3. The van der Waals surface area contributed by atoms with Gasteiger partial charge in [0.1, 0.15) is 5.56 Å². The van der Waals surface area contributed by atoms with Crippen LogP contribution >= 0.6 is 0 Å². The number of halogens is 3. The van der Waals surface area contributed by atoms with E-state index in [1.54, 1.807) is 0 Å². The Morgan fingerprint density at radius 1 is 1.44 bits per heavy atom. The summed E-state index contributed by atoms with van der Waals surface area (Å²) in [6.07, 6.45) is -4.01. The zero-order valence-electron chi connectivity index (χ0n) is 8.82. The average molecular weight is 260 g/mol. The molecule has 1 amide bonds. The van der Waals surface area contributed by atoms with E-state index in [0.29, 0.717) is 12.1 Å². The van der Waals surface area contributed by atoms with Gasteiger partial charge in [-0.3, -0.25) is 14.9 Å². The van der Waals surface area contributed by atoms with Crippen LogP contribution in [-0.2, 0) is 11.0 Å². The second-order valence-corrected chi connectivity index (χ2v) is 3.18. The average Bonchev–Trinajstić information content (AvgIpc) is 2.27. The van der Waals surface area contributed by atoms with Gasteiger partial charge in [-0.15, -0.1) is 0 Å². The van der Waals surface area contributed by atoms with Crippen molar-refractivity contribution in [1.29, 1.82) is 0 Å². The van der Waals surface area contributed by atoms with E-state index in [0.717, 1.165) is 12.1 Å². The first-order valence-electron chi connectivity index (χ1n) is 4.54. The third-order valence-corrected chi connectivity index (χ3v) is 1.95. The van der Waals surface area contributed by atoms with Gasteiger partial charge in [0, 0.05) is 11.8 Å². The molecule has 0 fully saturated rings. The Balaban J connectivity index is 3.26. The molecule has 0 unspecified atom stereocenters. The van der Waals surface area contributed by atoms with Gasteiger partial charge < -0.3 is 5.32 Å². The van der Waals surface area contributed by atoms with E-state index in [1.165, 1.54) is 0 Å². The third kappa shape index (κ3) is 3.06. The molecule has 0 spiro atoms. The molecule has 0 atom stereocenters. The van der Waals surface area contributed by atoms with Gasteiger partial charge in [0.05, 0.1) is 4.92 Å². The Hall–Kier alpha value is -2.38. The molecule has 0 aliphatic rings. The second-order valence-electron chi connectivity index (χ2n) is 3.18. The Morgan fingerprint density at radius 2 is 2.06 bits per heavy atom. The number of hydrogen-bond donors (Lipinski definition) is 1. The van der Waals surface area contributed by atoms with Gasteiger partial charge in [0.2, 0.25) is 5.91 Å². The van der Waals surface area contributed by atoms with Crippen LogP contribution in [0.25, 0.3) is 0 Å². The molecule has 96 valence electrons.